The Bertz CT molecular complexity index is 1120. The average molecular weight is 448 g/mol. The van der Waals surface area contributed by atoms with Crippen LogP contribution >= 0.6 is 0 Å². The van der Waals surface area contributed by atoms with Gasteiger partial charge in [0.15, 0.2) is 0 Å². The molecule has 0 spiro atoms. The maximum absolute atomic E-state index is 13.3. The topological polar surface area (TPSA) is 66.8 Å². The number of amides is 1. The normalized spacial score (nSPS) is 21.1. The minimum absolute atomic E-state index is 0.0123. The van der Waals surface area contributed by atoms with Gasteiger partial charge in [-0.1, -0.05) is 63.4 Å². The summed E-state index contributed by atoms with van der Waals surface area (Å²) >= 11 is 0. The van der Waals surface area contributed by atoms with Crippen LogP contribution in [0.4, 0.5) is 0 Å². The zero-order valence-electron chi connectivity index (χ0n) is 20.1. The highest BCUT2D eigenvalue weighted by Gasteiger charge is 2.49. The molecule has 1 saturated carbocycles. The number of carbonyl (C=O) groups excluding carboxylic acids is 2. The third-order valence-electron chi connectivity index (χ3n) is 6.84. The Balaban J connectivity index is 1.91. The molecule has 2 aromatic carbocycles. The van der Waals surface area contributed by atoms with E-state index < -0.39 is 17.7 Å². The first-order valence-corrected chi connectivity index (χ1v) is 11.7. The van der Waals surface area contributed by atoms with Crippen molar-refractivity contribution in [2.24, 2.45) is 0 Å². The van der Waals surface area contributed by atoms with Crippen molar-refractivity contribution in [1.29, 1.82) is 0 Å². The molecule has 1 aliphatic heterocycles. The quantitative estimate of drug-likeness (QED) is 0.373. The second-order valence-electron chi connectivity index (χ2n) is 10.2. The molecule has 2 aliphatic rings. The summed E-state index contributed by atoms with van der Waals surface area (Å²) in [4.78, 5) is 28.3. The number of aryl methyl sites for hydroxylation is 1. The number of aliphatic hydroxyl groups excluding tert-OH is 1. The minimum Gasteiger partial charge on any atom is -0.507 e. The summed E-state index contributed by atoms with van der Waals surface area (Å²) in [6, 6.07) is 12.7. The minimum atomic E-state index is -0.612. The molecule has 174 valence electrons. The van der Waals surface area contributed by atoms with E-state index in [1.807, 2.05) is 43.3 Å². The molecule has 0 radical (unpaired) electrons. The van der Waals surface area contributed by atoms with Gasteiger partial charge in [-0.2, -0.15) is 0 Å². The van der Waals surface area contributed by atoms with E-state index in [4.69, 9.17) is 4.74 Å². The summed E-state index contributed by atoms with van der Waals surface area (Å²) in [5.41, 5.74) is 3.28. The number of nitrogens with zero attached hydrogens (tertiary/aromatic N) is 1. The summed E-state index contributed by atoms with van der Waals surface area (Å²) in [5.74, 6) is -0.534. The highest BCUT2D eigenvalue weighted by Crippen LogP contribution is 2.44. The number of carbonyl (C=O) groups is 2. The molecule has 1 amide bonds. The standard InChI is InChI=1S/C28H33NO4/c1-17-9-8-10-18(15-17)24-23(26(31)27(32)29(24)20-11-6-7-12-20)25(30)19-13-14-22(33-5)21(16-19)28(2,3)4/h8-10,13-16,20,24,30H,6-7,11-12H2,1-5H3/b25-23-. The predicted molar refractivity (Wildman–Crippen MR) is 129 cm³/mol. The lowest BCUT2D eigenvalue weighted by molar-refractivity contribution is -0.141. The Labute approximate surface area is 196 Å². The molecule has 5 heteroatoms. The van der Waals surface area contributed by atoms with Crippen LogP contribution in [0.5, 0.6) is 5.75 Å². The molecular formula is C28H33NO4. The fourth-order valence-electron chi connectivity index (χ4n) is 5.17. The molecule has 1 aliphatic carbocycles. The van der Waals surface area contributed by atoms with Crippen LogP contribution in [0.2, 0.25) is 0 Å². The molecule has 0 aromatic heterocycles. The van der Waals surface area contributed by atoms with Crippen LogP contribution in [0.15, 0.2) is 48.0 Å². The number of rotatable bonds is 4. The molecule has 1 N–H and O–H groups in total. The van der Waals surface area contributed by atoms with Crippen molar-refractivity contribution in [2.75, 3.05) is 7.11 Å². The lowest BCUT2D eigenvalue weighted by Crippen LogP contribution is -2.37. The summed E-state index contributed by atoms with van der Waals surface area (Å²) in [5, 5.41) is 11.5. The third kappa shape index (κ3) is 4.17. The maximum Gasteiger partial charge on any atom is 0.295 e. The van der Waals surface area contributed by atoms with E-state index in [0.29, 0.717) is 5.56 Å². The van der Waals surface area contributed by atoms with Gasteiger partial charge in [-0.05, 0) is 48.9 Å². The molecule has 2 fully saturated rings. The Morgan fingerprint density at radius 3 is 2.36 bits per heavy atom. The summed E-state index contributed by atoms with van der Waals surface area (Å²) in [7, 11) is 1.62. The first kappa shape index (κ1) is 23.1. The van der Waals surface area contributed by atoms with Crippen LogP contribution in [0.3, 0.4) is 0 Å². The van der Waals surface area contributed by atoms with Gasteiger partial charge in [-0.15, -0.1) is 0 Å². The van der Waals surface area contributed by atoms with Gasteiger partial charge >= 0.3 is 0 Å². The molecule has 2 aromatic rings. The molecule has 1 heterocycles. The summed E-state index contributed by atoms with van der Waals surface area (Å²) < 4.78 is 5.53. The Kier molecular flexibility index (Phi) is 6.08. The smallest absolute Gasteiger partial charge is 0.295 e. The van der Waals surface area contributed by atoms with Crippen LogP contribution in [0, 0.1) is 6.92 Å². The SMILES string of the molecule is COc1ccc(/C(O)=C2/C(=O)C(=O)N(C3CCCC3)C2c2cccc(C)c2)cc1C(C)(C)C. The highest BCUT2D eigenvalue weighted by atomic mass is 16.5. The van der Waals surface area contributed by atoms with Crippen molar-refractivity contribution < 1.29 is 19.4 Å². The van der Waals surface area contributed by atoms with E-state index >= 15 is 0 Å². The highest BCUT2D eigenvalue weighted by molar-refractivity contribution is 6.46. The first-order valence-electron chi connectivity index (χ1n) is 11.7. The lowest BCUT2D eigenvalue weighted by atomic mass is 9.84. The van der Waals surface area contributed by atoms with E-state index in [1.54, 1.807) is 18.1 Å². The number of likely N-dealkylation sites (tertiary alicyclic amines) is 1. The molecule has 1 atom stereocenters. The predicted octanol–water partition coefficient (Wildman–Crippen LogP) is 5.67. The number of methoxy groups -OCH3 is 1. The Morgan fingerprint density at radius 2 is 1.76 bits per heavy atom. The van der Waals surface area contributed by atoms with Gasteiger partial charge in [0.1, 0.15) is 11.5 Å². The maximum atomic E-state index is 13.3. The number of benzene rings is 2. The monoisotopic (exact) mass is 447 g/mol. The Hall–Kier alpha value is -3.08. The van der Waals surface area contributed by atoms with E-state index in [-0.39, 0.29) is 22.8 Å². The second kappa shape index (κ2) is 8.69. The van der Waals surface area contributed by atoms with Crippen LogP contribution in [0.1, 0.15) is 74.8 Å². The zero-order valence-corrected chi connectivity index (χ0v) is 20.1. The molecule has 1 unspecified atom stereocenters. The fourth-order valence-corrected chi connectivity index (χ4v) is 5.17. The van der Waals surface area contributed by atoms with Crippen LogP contribution in [0.25, 0.3) is 5.76 Å². The fraction of sp³-hybridized carbons (Fsp3) is 0.429. The van der Waals surface area contributed by atoms with Crippen LogP contribution in [-0.2, 0) is 15.0 Å². The van der Waals surface area contributed by atoms with Gasteiger partial charge in [0.05, 0.1) is 18.7 Å². The van der Waals surface area contributed by atoms with Crippen molar-refractivity contribution in [3.63, 3.8) is 0 Å². The zero-order chi connectivity index (χ0) is 23.9. The van der Waals surface area contributed by atoms with Gasteiger partial charge in [-0.25, -0.2) is 0 Å². The molecule has 0 bridgehead atoms. The summed E-state index contributed by atoms with van der Waals surface area (Å²) in [6.07, 6.45) is 3.85. The molecule has 1 saturated heterocycles. The van der Waals surface area contributed by atoms with Crippen molar-refractivity contribution in [2.45, 2.75) is 70.9 Å². The first-order chi connectivity index (χ1) is 15.6. The van der Waals surface area contributed by atoms with Crippen molar-refractivity contribution in [1.82, 2.24) is 4.90 Å². The molecular weight excluding hydrogens is 414 g/mol. The van der Waals surface area contributed by atoms with Crippen molar-refractivity contribution in [3.8, 4) is 5.75 Å². The van der Waals surface area contributed by atoms with Gasteiger partial charge in [-0.3, -0.25) is 9.59 Å². The van der Waals surface area contributed by atoms with E-state index in [9.17, 15) is 14.7 Å². The van der Waals surface area contributed by atoms with E-state index in [1.165, 1.54) is 0 Å². The number of ether oxygens (including phenoxy) is 1. The van der Waals surface area contributed by atoms with Gasteiger partial charge in [0.2, 0.25) is 0 Å². The van der Waals surface area contributed by atoms with Gasteiger partial charge < -0.3 is 14.7 Å². The summed E-state index contributed by atoms with van der Waals surface area (Å²) in [6.45, 7) is 8.20. The second-order valence-corrected chi connectivity index (χ2v) is 10.2. The number of ketones is 1. The molecule has 5 nitrogen and oxygen atoms in total. The van der Waals surface area contributed by atoms with Crippen LogP contribution in [-0.4, -0.2) is 34.8 Å². The van der Waals surface area contributed by atoms with Crippen molar-refractivity contribution >= 4 is 17.4 Å². The van der Waals surface area contributed by atoms with Crippen molar-refractivity contribution in [3.05, 3.63) is 70.3 Å². The average Bonchev–Trinajstić information content (AvgIpc) is 3.39. The van der Waals surface area contributed by atoms with E-state index in [2.05, 4.69) is 20.8 Å². The molecule has 33 heavy (non-hydrogen) atoms. The Morgan fingerprint density at radius 1 is 1.06 bits per heavy atom. The third-order valence-corrected chi connectivity index (χ3v) is 6.84. The largest absolute Gasteiger partial charge is 0.507 e. The number of hydrogen-bond acceptors (Lipinski definition) is 4. The van der Waals surface area contributed by atoms with E-state index in [0.717, 1.165) is 48.1 Å². The lowest BCUT2D eigenvalue weighted by Gasteiger charge is -2.31. The van der Waals surface area contributed by atoms with Gasteiger partial charge in [0, 0.05) is 17.2 Å². The van der Waals surface area contributed by atoms with Gasteiger partial charge in [0.25, 0.3) is 11.7 Å². The van der Waals surface area contributed by atoms with Crippen LogP contribution < -0.4 is 4.74 Å². The number of hydrogen-bond donors (Lipinski definition) is 1. The molecule has 4 rings (SSSR count). The number of Topliss-reactive ketones (excluding diaryl/α,β-unsaturated/α-hetero) is 1. The number of aliphatic hydroxyl groups is 1.